The first-order valence-corrected chi connectivity index (χ1v) is 8.18. The number of fused-ring (bicyclic) bond motifs is 1. The Labute approximate surface area is 142 Å². The smallest absolute Gasteiger partial charge is 0.242 e. The van der Waals surface area contributed by atoms with E-state index in [-0.39, 0.29) is 18.0 Å². The molecule has 0 aliphatic heterocycles. The highest BCUT2D eigenvalue weighted by Gasteiger charge is 2.13. The molecule has 3 N–H and O–H groups in total. The Kier molecular flexibility index (Phi) is 5.84. The normalized spacial score (nSPS) is 12.2. The lowest BCUT2D eigenvalue weighted by atomic mass is 10.1. The van der Waals surface area contributed by atoms with E-state index in [1.165, 1.54) is 0 Å². The number of rotatable bonds is 5. The van der Waals surface area contributed by atoms with Gasteiger partial charge < -0.3 is 20.4 Å². The number of nitrogens with zero attached hydrogens (tertiary/aromatic N) is 1. The van der Waals surface area contributed by atoms with Crippen LogP contribution >= 0.6 is 0 Å². The Hall–Kier alpha value is -2.50. The number of hydrogen-bond donors (Lipinski definition) is 3. The zero-order valence-corrected chi connectivity index (χ0v) is 14.8. The third-order valence-corrected chi connectivity index (χ3v) is 3.15. The molecule has 0 saturated carbocycles. The first-order chi connectivity index (χ1) is 11.4. The molecule has 0 radical (unpaired) electrons. The van der Waals surface area contributed by atoms with Crippen LogP contribution in [0.4, 0.5) is 0 Å². The van der Waals surface area contributed by atoms with Crippen LogP contribution in [0.15, 0.2) is 39.7 Å². The fraction of sp³-hybridized carbons (Fsp3) is 0.444. The molecule has 1 aromatic heterocycles. The number of para-hydroxylation sites is 1. The van der Waals surface area contributed by atoms with Gasteiger partial charge in [-0.1, -0.05) is 18.2 Å². The summed E-state index contributed by atoms with van der Waals surface area (Å²) < 4.78 is 5.76. The molecule has 0 aliphatic rings. The summed E-state index contributed by atoms with van der Waals surface area (Å²) in [6.07, 6.45) is 0. The van der Waals surface area contributed by atoms with Crippen LogP contribution in [-0.4, -0.2) is 30.5 Å². The molecular formula is C18H26N4O2. The van der Waals surface area contributed by atoms with Crippen molar-refractivity contribution in [3.05, 3.63) is 36.1 Å². The largest absolute Gasteiger partial charge is 0.459 e. The number of amides is 1. The number of carbonyl (C=O) groups excluding carboxylic acids is 1. The monoisotopic (exact) mass is 330 g/mol. The van der Waals surface area contributed by atoms with Crippen LogP contribution in [0.1, 0.15) is 33.5 Å². The van der Waals surface area contributed by atoms with Crippen molar-refractivity contribution in [3.63, 3.8) is 0 Å². The Morgan fingerprint density at radius 2 is 1.96 bits per heavy atom. The minimum atomic E-state index is -0.257. The van der Waals surface area contributed by atoms with Crippen molar-refractivity contribution in [2.45, 2.75) is 39.8 Å². The van der Waals surface area contributed by atoms with E-state index in [0.29, 0.717) is 19.0 Å². The van der Waals surface area contributed by atoms with Crippen LogP contribution in [-0.2, 0) is 11.3 Å². The van der Waals surface area contributed by atoms with Crippen LogP contribution in [0, 0.1) is 0 Å². The van der Waals surface area contributed by atoms with Gasteiger partial charge in [0.1, 0.15) is 17.9 Å². The van der Waals surface area contributed by atoms with Gasteiger partial charge in [-0.15, -0.1) is 0 Å². The fourth-order valence-electron chi connectivity index (χ4n) is 2.25. The Bertz CT molecular complexity index is 680. The molecule has 0 aliphatic carbocycles. The maximum Gasteiger partial charge on any atom is 0.242 e. The number of aliphatic imine (C=N–C) groups is 1. The lowest BCUT2D eigenvalue weighted by Crippen LogP contribution is -2.43. The summed E-state index contributed by atoms with van der Waals surface area (Å²) in [5.74, 6) is 1.30. The summed E-state index contributed by atoms with van der Waals surface area (Å²) in [6, 6.07) is 9.88. The Morgan fingerprint density at radius 3 is 2.62 bits per heavy atom. The van der Waals surface area contributed by atoms with Crippen LogP contribution < -0.4 is 16.0 Å². The third kappa shape index (κ3) is 5.61. The SMILES string of the molecule is CCNC(=NCC(=O)NC(C)(C)C)NCc1cc2ccccc2o1. The van der Waals surface area contributed by atoms with Crippen molar-refractivity contribution in [1.82, 2.24) is 16.0 Å². The molecule has 6 heteroatoms. The lowest BCUT2D eigenvalue weighted by Gasteiger charge is -2.20. The van der Waals surface area contributed by atoms with Gasteiger partial charge in [0.2, 0.25) is 5.91 Å². The molecule has 1 amide bonds. The second-order valence-corrected chi connectivity index (χ2v) is 6.60. The molecule has 0 atom stereocenters. The van der Waals surface area contributed by atoms with Gasteiger partial charge in [-0.25, -0.2) is 4.99 Å². The van der Waals surface area contributed by atoms with Crippen molar-refractivity contribution in [1.29, 1.82) is 0 Å². The van der Waals surface area contributed by atoms with Gasteiger partial charge in [0.15, 0.2) is 5.96 Å². The standard InChI is InChI=1S/C18H26N4O2/c1-5-19-17(21-12-16(23)22-18(2,3)4)20-11-14-10-13-8-6-7-9-15(13)24-14/h6-10H,5,11-12H2,1-4H3,(H,22,23)(H2,19,20,21). The molecule has 0 spiro atoms. The second-order valence-electron chi connectivity index (χ2n) is 6.60. The first kappa shape index (κ1) is 17.8. The predicted octanol–water partition coefficient (Wildman–Crippen LogP) is 2.40. The van der Waals surface area contributed by atoms with Gasteiger partial charge in [-0.05, 0) is 39.8 Å². The predicted molar refractivity (Wildman–Crippen MR) is 96.9 cm³/mol. The number of guanidine groups is 1. The minimum Gasteiger partial charge on any atom is -0.459 e. The first-order valence-electron chi connectivity index (χ1n) is 8.18. The zero-order chi connectivity index (χ0) is 17.6. The fourth-order valence-corrected chi connectivity index (χ4v) is 2.25. The van der Waals surface area contributed by atoms with Crippen LogP contribution in [0.25, 0.3) is 11.0 Å². The highest BCUT2D eigenvalue weighted by molar-refractivity contribution is 5.85. The Balaban J connectivity index is 1.94. The van der Waals surface area contributed by atoms with E-state index < -0.39 is 0 Å². The van der Waals surface area contributed by atoms with Gasteiger partial charge in [-0.2, -0.15) is 0 Å². The molecule has 6 nitrogen and oxygen atoms in total. The molecule has 0 bridgehead atoms. The minimum absolute atomic E-state index is 0.0761. The van der Waals surface area contributed by atoms with Crippen molar-refractivity contribution in [2.24, 2.45) is 4.99 Å². The summed E-state index contributed by atoms with van der Waals surface area (Å²) >= 11 is 0. The highest BCUT2D eigenvalue weighted by Crippen LogP contribution is 2.18. The maximum atomic E-state index is 11.9. The molecule has 0 saturated heterocycles. The van der Waals surface area contributed by atoms with E-state index in [9.17, 15) is 4.79 Å². The maximum absolute atomic E-state index is 11.9. The average Bonchev–Trinajstić information content (AvgIpc) is 2.91. The number of furan rings is 1. The number of hydrogen-bond acceptors (Lipinski definition) is 3. The quantitative estimate of drug-likeness (QED) is 0.581. The van der Waals surface area contributed by atoms with Gasteiger partial charge in [0.05, 0.1) is 6.54 Å². The summed E-state index contributed by atoms with van der Waals surface area (Å²) in [6.45, 7) is 9.10. The highest BCUT2D eigenvalue weighted by atomic mass is 16.3. The number of benzene rings is 1. The molecule has 2 rings (SSSR count). The van der Waals surface area contributed by atoms with Gasteiger partial charge in [0, 0.05) is 17.5 Å². The van der Waals surface area contributed by atoms with E-state index in [0.717, 1.165) is 16.7 Å². The summed E-state index contributed by atoms with van der Waals surface area (Å²) in [4.78, 5) is 16.2. The van der Waals surface area contributed by atoms with E-state index in [4.69, 9.17) is 4.42 Å². The molecule has 24 heavy (non-hydrogen) atoms. The van der Waals surface area contributed by atoms with Crippen molar-refractivity contribution < 1.29 is 9.21 Å². The average molecular weight is 330 g/mol. The van der Waals surface area contributed by atoms with Gasteiger partial charge in [0.25, 0.3) is 0 Å². The number of nitrogens with one attached hydrogen (secondary N) is 3. The number of carbonyl (C=O) groups is 1. The van der Waals surface area contributed by atoms with E-state index >= 15 is 0 Å². The summed E-state index contributed by atoms with van der Waals surface area (Å²) in [5.41, 5.74) is 0.605. The molecular weight excluding hydrogens is 304 g/mol. The summed E-state index contributed by atoms with van der Waals surface area (Å²) in [5, 5.41) is 10.3. The molecule has 0 unspecified atom stereocenters. The van der Waals surface area contributed by atoms with Crippen molar-refractivity contribution in [3.8, 4) is 0 Å². The van der Waals surface area contributed by atoms with Gasteiger partial charge >= 0.3 is 0 Å². The van der Waals surface area contributed by atoms with E-state index in [1.807, 2.05) is 58.0 Å². The van der Waals surface area contributed by atoms with Crippen LogP contribution in [0.2, 0.25) is 0 Å². The molecule has 130 valence electrons. The Morgan fingerprint density at radius 1 is 1.21 bits per heavy atom. The van der Waals surface area contributed by atoms with Crippen molar-refractivity contribution in [2.75, 3.05) is 13.1 Å². The van der Waals surface area contributed by atoms with Crippen molar-refractivity contribution >= 4 is 22.8 Å². The van der Waals surface area contributed by atoms with Crippen LogP contribution in [0.5, 0.6) is 0 Å². The zero-order valence-electron chi connectivity index (χ0n) is 14.8. The molecule has 1 aromatic carbocycles. The molecule has 0 fully saturated rings. The molecule has 2 aromatic rings. The molecule has 1 heterocycles. The second kappa shape index (κ2) is 7.86. The van der Waals surface area contributed by atoms with Gasteiger partial charge in [-0.3, -0.25) is 4.79 Å². The van der Waals surface area contributed by atoms with E-state index in [1.54, 1.807) is 0 Å². The third-order valence-electron chi connectivity index (χ3n) is 3.15. The topological polar surface area (TPSA) is 78.7 Å². The lowest BCUT2D eigenvalue weighted by molar-refractivity contribution is -0.121. The summed E-state index contributed by atoms with van der Waals surface area (Å²) in [7, 11) is 0. The van der Waals surface area contributed by atoms with E-state index in [2.05, 4.69) is 20.9 Å². The van der Waals surface area contributed by atoms with Crippen LogP contribution in [0.3, 0.4) is 0 Å².